The minimum absolute atomic E-state index is 0.549. The van der Waals surface area contributed by atoms with Gasteiger partial charge >= 0.3 is 0 Å². The molecule has 2 heterocycles. The Morgan fingerprint density at radius 2 is 2.08 bits per heavy atom. The predicted octanol–water partition coefficient (Wildman–Crippen LogP) is 4.29. The molecule has 0 aliphatic carbocycles. The van der Waals surface area contributed by atoms with Gasteiger partial charge in [-0.25, -0.2) is 4.98 Å². The zero-order chi connectivity index (χ0) is 17.9. The Labute approximate surface area is 156 Å². The van der Waals surface area contributed by atoms with E-state index in [1.54, 1.807) is 6.20 Å². The van der Waals surface area contributed by atoms with Crippen LogP contribution >= 0.6 is 12.6 Å². The topological polar surface area (TPSA) is 69.7 Å². The number of anilines is 4. The second-order valence-electron chi connectivity index (χ2n) is 5.92. The maximum atomic E-state index is 4.63. The van der Waals surface area contributed by atoms with Gasteiger partial charge < -0.3 is 10.2 Å². The van der Waals surface area contributed by atoms with Gasteiger partial charge in [-0.15, -0.1) is 0 Å². The summed E-state index contributed by atoms with van der Waals surface area (Å²) in [7, 11) is 1.98. The predicted molar refractivity (Wildman–Crippen MR) is 109 cm³/mol. The lowest BCUT2D eigenvalue weighted by Crippen LogP contribution is -2.12. The highest BCUT2D eigenvalue weighted by molar-refractivity contribution is 7.79. The number of rotatable bonds is 5. The number of H-pyrrole nitrogens is 1. The van der Waals surface area contributed by atoms with Crippen LogP contribution in [0.5, 0.6) is 0 Å². The number of hydrogen-bond donors (Lipinski definition) is 3. The van der Waals surface area contributed by atoms with E-state index in [-0.39, 0.29) is 0 Å². The van der Waals surface area contributed by atoms with Crippen molar-refractivity contribution in [2.24, 2.45) is 0 Å². The molecule has 0 radical (unpaired) electrons. The van der Waals surface area contributed by atoms with Gasteiger partial charge in [0.2, 0.25) is 5.95 Å². The zero-order valence-electron chi connectivity index (χ0n) is 14.2. The van der Waals surface area contributed by atoms with E-state index in [1.165, 1.54) is 0 Å². The molecular formula is C19H18N6S. The van der Waals surface area contributed by atoms with Gasteiger partial charge in [0.25, 0.3) is 0 Å². The average molecular weight is 362 g/mol. The molecular weight excluding hydrogens is 344 g/mol. The maximum absolute atomic E-state index is 4.63. The molecule has 130 valence electrons. The molecule has 0 unspecified atom stereocenters. The number of nitrogens with zero attached hydrogens (tertiary/aromatic N) is 4. The van der Waals surface area contributed by atoms with Crippen LogP contribution in [0.3, 0.4) is 0 Å². The van der Waals surface area contributed by atoms with Crippen LogP contribution in [-0.4, -0.2) is 27.2 Å². The Balaban J connectivity index is 1.59. The van der Waals surface area contributed by atoms with Gasteiger partial charge in [-0.3, -0.25) is 5.10 Å². The average Bonchev–Trinajstić information content (AvgIpc) is 3.15. The highest BCUT2D eigenvalue weighted by Crippen LogP contribution is 2.26. The lowest BCUT2D eigenvalue weighted by Gasteiger charge is -2.19. The Hall–Kier alpha value is -3.06. The molecule has 7 heteroatoms. The molecule has 26 heavy (non-hydrogen) atoms. The summed E-state index contributed by atoms with van der Waals surface area (Å²) in [4.78, 5) is 11.0. The monoisotopic (exact) mass is 362 g/mol. The molecule has 0 aliphatic rings. The third-order valence-electron chi connectivity index (χ3n) is 4.16. The van der Waals surface area contributed by atoms with Crippen molar-refractivity contribution in [3.05, 3.63) is 66.5 Å². The molecule has 4 aromatic rings. The van der Waals surface area contributed by atoms with Crippen LogP contribution in [0.25, 0.3) is 10.9 Å². The number of aromatic nitrogens is 4. The summed E-state index contributed by atoms with van der Waals surface area (Å²) < 4.78 is 0. The van der Waals surface area contributed by atoms with Gasteiger partial charge in [0.1, 0.15) is 5.82 Å². The minimum atomic E-state index is 0.549. The fourth-order valence-corrected chi connectivity index (χ4v) is 2.94. The molecule has 6 nitrogen and oxygen atoms in total. The highest BCUT2D eigenvalue weighted by atomic mass is 32.1. The van der Waals surface area contributed by atoms with Gasteiger partial charge in [-0.1, -0.05) is 12.1 Å². The smallest absolute Gasteiger partial charge is 0.229 e. The van der Waals surface area contributed by atoms with E-state index in [9.17, 15) is 0 Å². The molecule has 2 N–H and O–H groups in total. The van der Waals surface area contributed by atoms with Crippen LogP contribution in [-0.2, 0) is 5.75 Å². The number of nitrogens with one attached hydrogen (secondary N) is 2. The second kappa shape index (κ2) is 7.05. The quantitative estimate of drug-likeness (QED) is 0.462. The Morgan fingerprint density at radius 1 is 1.15 bits per heavy atom. The van der Waals surface area contributed by atoms with Gasteiger partial charge in [0.15, 0.2) is 0 Å². The number of hydrogen-bond acceptors (Lipinski definition) is 6. The van der Waals surface area contributed by atoms with E-state index in [1.807, 2.05) is 66.7 Å². The molecule has 0 aliphatic heterocycles. The summed E-state index contributed by atoms with van der Waals surface area (Å²) in [5.74, 6) is 2.04. The van der Waals surface area contributed by atoms with Gasteiger partial charge in [-0.2, -0.15) is 22.7 Å². The largest absolute Gasteiger partial charge is 0.329 e. The van der Waals surface area contributed by atoms with Gasteiger partial charge in [0.05, 0.1) is 11.7 Å². The van der Waals surface area contributed by atoms with Crippen molar-refractivity contribution >= 4 is 46.7 Å². The van der Waals surface area contributed by atoms with E-state index < -0.39 is 0 Å². The summed E-state index contributed by atoms with van der Waals surface area (Å²) in [6.07, 6.45) is 3.56. The molecule has 0 spiro atoms. The van der Waals surface area contributed by atoms with Crippen molar-refractivity contribution in [3.8, 4) is 0 Å². The van der Waals surface area contributed by atoms with Crippen LogP contribution in [0.4, 0.5) is 23.1 Å². The van der Waals surface area contributed by atoms with Crippen LogP contribution in [0.15, 0.2) is 60.9 Å². The zero-order valence-corrected chi connectivity index (χ0v) is 15.1. The third kappa shape index (κ3) is 3.34. The lowest BCUT2D eigenvalue weighted by atomic mass is 10.2. The number of aromatic amines is 1. The molecule has 0 bridgehead atoms. The number of thiol groups is 1. The van der Waals surface area contributed by atoms with E-state index in [0.717, 1.165) is 33.7 Å². The Kier molecular flexibility index (Phi) is 4.45. The molecule has 0 fully saturated rings. The second-order valence-corrected chi connectivity index (χ2v) is 6.24. The van der Waals surface area contributed by atoms with Gasteiger partial charge in [-0.05, 0) is 42.0 Å². The van der Waals surface area contributed by atoms with Gasteiger partial charge in [0, 0.05) is 35.8 Å². The fourth-order valence-electron chi connectivity index (χ4n) is 2.74. The Bertz CT molecular complexity index is 1040. The standard InChI is InChI=1S/C19H18N6S/c1-25(16-6-5-14-11-21-24-17(14)10-16)18-7-8-20-19(23-18)22-15-4-2-3-13(9-15)12-26/h2-11,26H,12H2,1H3,(H,21,24)(H,20,22,23). The van der Waals surface area contributed by atoms with E-state index in [0.29, 0.717) is 11.7 Å². The van der Waals surface area contributed by atoms with Crippen molar-refractivity contribution in [2.45, 2.75) is 5.75 Å². The molecule has 2 aromatic carbocycles. The number of benzene rings is 2. The normalized spacial score (nSPS) is 10.8. The first kappa shape index (κ1) is 16.4. The highest BCUT2D eigenvalue weighted by Gasteiger charge is 2.09. The fraction of sp³-hybridized carbons (Fsp3) is 0.105. The molecule has 0 saturated carbocycles. The van der Waals surface area contributed by atoms with Crippen LogP contribution in [0, 0.1) is 0 Å². The van der Waals surface area contributed by atoms with Crippen molar-refractivity contribution < 1.29 is 0 Å². The lowest BCUT2D eigenvalue weighted by molar-refractivity contribution is 1.08. The summed E-state index contributed by atoms with van der Waals surface area (Å²) in [5, 5.41) is 11.4. The molecule has 0 amide bonds. The van der Waals surface area contributed by atoms with Crippen molar-refractivity contribution in [1.29, 1.82) is 0 Å². The summed E-state index contributed by atoms with van der Waals surface area (Å²) in [6, 6.07) is 16.1. The van der Waals surface area contributed by atoms with Crippen molar-refractivity contribution in [1.82, 2.24) is 20.2 Å². The van der Waals surface area contributed by atoms with E-state index >= 15 is 0 Å². The minimum Gasteiger partial charge on any atom is -0.329 e. The first-order valence-corrected chi connectivity index (χ1v) is 8.83. The summed E-state index contributed by atoms with van der Waals surface area (Å²) >= 11 is 4.32. The maximum Gasteiger partial charge on any atom is 0.229 e. The van der Waals surface area contributed by atoms with Crippen LogP contribution in [0.2, 0.25) is 0 Å². The molecule has 0 saturated heterocycles. The molecule has 4 rings (SSSR count). The molecule has 0 atom stereocenters. The third-order valence-corrected chi connectivity index (χ3v) is 4.53. The summed E-state index contributed by atoms with van der Waals surface area (Å²) in [6.45, 7) is 0. The van der Waals surface area contributed by atoms with Crippen molar-refractivity contribution in [2.75, 3.05) is 17.3 Å². The molecule has 2 aromatic heterocycles. The van der Waals surface area contributed by atoms with E-state index in [2.05, 4.69) is 38.1 Å². The first-order valence-electron chi connectivity index (χ1n) is 8.20. The first-order chi connectivity index (χ1) is 12.7. The van der Waals surface area contributed by atoms with Crippen LogP contribution < -0.4 is 10.2 Å². The van der Waals surface area contributed by atoms with Crippen LogP contribution in [0.1, 0.15) is 5.56 Å². The SMILES string of the molecule is CN(c1ccc2cn[nH]c2c1)c1ccnc(Nc2cccc(CS)c2)n1. The Morgan fingerprint density at radius 3 is 2.96 bits per heavy atom. The summed E-state index contributed by atoms with van der Waals surface area (Å²) in [5.41, 5.74) is 4.09. The number of fused-ring (bicyclic) bond motifs is 1. The van der Waals surface area contributed by atoms with E-state index in [4.69, 9.17) is 0 Å². The van der Waals surface area contributed by atoms with Crippen molar-refractivity contribution in [3.63, 3.8) is 0 Å².